The lowest BCUT2D eigenvalue weighted by Crippen LogP contribution is -2.49. The van der Waals surface area contributed by atoms with Crippen LogP contribution in [0.15, 0.2) is 4.76 Å². The number of hydrogen-bond acceptors (Lipinski definition) is 8. The molecular formula is C21H36N5O5PS. The third kappa shape index (κ3) is 10.3. The molecule has 1 aliphatic heterocycles. The molecule has 10 nitrogen and oxygen atoms in total. The Hall–Kier alpha value is -1.84. The molecule has 0 saturated carbocycles. The monoisotopic (exact) mass is 501 g/mol. The van der Waals surface area contributed by atoms with Gasteiger partial charge in [-0.2, -0.15) is 0 Å². The van der Waals surface area contributed by atoms with Gasteiger partial charge in [0.05, 0.1) is 5.25 Å². The average Bonchev–Trinajstić information content (AvgIpc) is 3.04. The molecule has 1 fully saturated rings. The number of thioether (sulfide) groups is 1. The molecule has 1 heterocycles. The number of unbranched alkanes of at least 4 members (excludes halogenated alkanes) is 2. The molecule has 0 aromatic rings. The van der Waals surface area contributed by atoms with Crippen molar-refractivity contribution in [1.82, 2.24) is 20.4 Å². The smallest absolute Gasteiger partial charge is 0.243 e. The molecule has 0 aliphatic carbocycles. The molecule has 186 valence electrons. The third-order valence-electron chi connectivity index (χ3n) is 5.38. The molecular weight excluding hydrogens is 465 g/mol. The lowest BCUT2D eigenvalue weighted by molar-refractivity contribution is -0.140. The number of likely N-dealkylation sites (tertiary alicyclic amines) is 1. The van der Waals surface area contributed by atoms with Gasteiger partial charge in [-0.3, -0.25) is 33.6 Å². The van der Waals surface area contributed by atoms with Crippen molar-refractivity contribution in [3.63, 3.8) is 0 Å². The van der Waals surface area contributed by atoms with Crippen LogP contribution in [0.4, 0.5) is 0 Å². The van der Waals surface area contributed by atoms with Crippen LogP contribution < -0.4 is 10.6 Å². The van der Waals surface area contributed by atoms with Gasteiger partial charge in [-0.1, -0.05) is 6.42 Å². The highest BCUT2D eigenvalue weighted by Gasteiger charge is 2.36. The van der Waals surface area contributed by atoms with Crippen LogP contribution in [0.25, 0.3) is 0 Å². The maximum absolute atomic E-state index is 12.7. The molecule has 0 radical (unpaired) electrons. The first-order chi connectivity index (χ1) is 15.7. The number of carbonyl (C=O) groups is 5. The van der Waals surface area contributed by atoms with Crippen LogP contribution in [-0.2, 0) is 24.0 Å². The van der Waals surface area contributed by atoms with Crippen molar-refractivity contribution in [2.45, 2.75) is 56.2 Å². The van der Waals surface area contributed by atoms with Crippen molar-refractivity contribution in [3.05, 3.63) is 0 Å². The minimum absolute atomic E-state index is 0.0659. The van der Waals surface area contributed by atoms with Crippen molar-refractivity contribution >= 4 is 56.8 Å². The van der Waals surface area contributed by atoms with Gasteiger partial charge in [-0.05, 0) is 35.0 Å². The Morgan fingerprint density at radius 1 is 1.27 bits per heavy atom. The van der Waals surface area contributed by atoms with E-state index in [1.165, 1.54) is 34.8 Å². The standard InChI is InChI=1S/C21H36N5O5PS/c1-22-10-11-23-20(30)16(13-15(27)8-9-24-32)25(2)18(28)7-5-4-6-12-33-17-14-19(29)26(3)21(17)31/h9,16-17,22H,4-8,10-14,32H2,1-3H3,(H,23,30)/b24-9+/t16-,17?/m0/s1. The van der Waals surface area contributed by atoms with E-state index in [4.69, 9.17) is 0 Å². The normalized spacial score (nSPS) is 17.0. The topological polar surface area (TPSA) is 128 Å². The molecule has 33 heavy (non-hydrogen) atoms. The van der Waals surface area contributed by atoms with Gasteiger partial charge in [0, 0.05) is 59.1 Å². The molecule has 12 heteroatoms. The summed E-state index contributed by atoms with van der Waals surface area (Å²) in [6.45, 7) is 0.983. The van der Waals surface area contributed by atoms with E-state index in [1.807, 2.05) is 0 Å². The quantitative estimate of drug-likeness (QED) is 0.136. The number of imide groups is 1. The van der Waals surface area contributed by atoms with E-state index in [1.54, 1.807) is 14.1 Å². The van der Waals surface area contributed by atoms with Crippen LogP contribution in [0, 0.1) is 0 Å². The van der Waals surface area contributed by atoms with Crippen molar-refractivity contribution < 1.29 is 24.0 Å². The van der Waals surface area contributed by atoms with Crippen LogP contribution in [0.1, 0.15) is 44.9 Å². The van der Waals surface area contributed by atoms with Crippen LogP contribution in [0.5, 0.6) is 0 Å². The Labute approximate surface area is 202 Å². The predicted octanol–water partition coefficient (Wildman–Crippen LogP) is 0.410. The maximum Gasteiger partial charge on any atom is 0.243 e. The van der Waals surface area contributed by atoms with Crippen molar-refractivity contribution in [1.29, 1.82) is 0 Å². The van der Waals surface area contributed by atoms with E-state index in [2.05, 4.69) is 24.8 Å². The number of Topliss-reactive ketones (excluding diaryl/α,β-unsaturated/α-hetero) is 1. The molecule has 1 aliphatic rings. The highest BCUT2D eigenvalue weighted by Crippen LogP contribution is 2.25. The molecule has 0 aromatic heterocycles. The number of likely N-dealkylation sites (N-methyl/N-ethyl adjacent to an activating group) is 2. The van der Waals surface area contributed by atoms with Gasteiger partial charge in [0.25, 0.3) is 0 Å². The van der Waals surface area contributed by atoms with Gasteiger partial charge in [0.2, 0.25) is 23.6 Å². The number of amides is 4. The molecule has 1 saturated heterocycles. The van der Waals surface area contributed by atoms with E-state index < -0.39 is 6.04 Å². The summed E-state index contributed by atoms with van der Waals surface area (Å²) in [6.07, 6.45) is 4.27. The number of ketones is 1. The molecule has 3 atom stereocenters. The van der Waals surface area contributed by atoms with Crippen LogP contribution >= 0.6 is 21.2 Å². The molecule has 2 N–H and O–H groups in total. The maximum atomic E-state index is 12.7. The third-order valence-corrected chi connectivity index (χ3v) is 6.88. The number of rotatable bonds is 16. The minimum Gasteiger partial charge on any atom is -0.353 e. The summed E-state index contributed by atoms with van der Waals surface area (Å²) in [5, 5.41) is 5.39. The Kier molecular flexibility index (Phi) is 14.1. The average molecular weight is 502 g/mol. The van der Waals surface area contributed by atoms with Crippen molar-refractivity contribution in [3.8, 4) is 0 Å². The highest BCUT2D eigenvalue weighted by molar-refractivity contribution is 8.00. The van der Waals surface area contributed by atoms with E-state index in [0.717, 1.165) is 18.6 Å². The second kappa shape index (κ2) is 15.9. The Morgan fingerprint density at radius 2 is 2.00 bits per heavy atom. The van der Waals surface area contributed by atoms with Crippen LogP contribution in [-0.4, -0.2) is 96.7 Å². The summed E-state index contributed by atoms with van der Waals surface area (Å²) < 4.78 is 3.71. The molecule has 0 spiro atoms. The van der Waals surface area contributed by atoms with Crippen molar-refractivity contribution in [2.24, 2.45) is 4.76 Å². The second-order valence-corrected chi connectivity index (χ2v) is 9.47. The molecule has 0 aromatic carbocycles. The number of nitrogens with one attached hydrogen (secondary N) is 2. The zero-order chi connectivity index (χ0) is 24.8. The summed E-state index contributed by atoms with van der Waals surface area (Å²) in [7, 11) is 6.98. The van der Waals surface area contributed by atoms with Gasteiger partial charge in [-0.25, -0.2) is 0 Å². The van der Waals surface area contributed by atoms with Gasteiger partial charge in [-0.15, -0.1) is 11.8 Å². The summed E-state index contributed by atoms with van der Waals surface area (Å²) in [6, 6.07) is -0.863. The predicted molar refractivity (Wildman–Crippen MR) is 133 cm³/mol. The Bertz CT molecular complexity index is 736. The minimum atomic E-state index is -0.863. The fraction of sp³-hybridized carbons (Fsp3) is 0.714. The summed E-state index contributed by atoms with van der Waals surface area (Å²) in [5.41, 5.74) is 0. The van der Waals surface area contributed by atoms with E-state index in [0.29, 0.717) is 19.5 Å². The number of nitrogens with zero attached hydrogens (tertiary/aromatic N) is 3. The Morgan fingerprint density at radius 3 is 2.61 bits per heavy atom. The van der Waals surface area contributed by atoms with Crippen molar-refractivity contribution in [2.75, 3.05) is 40.0 Å². The lowest BCUT2D eigenvalue weighted by Gasteiger charge is -2.27. The lowest BCUT2D eigenvalue weighted by atomic mass is 10.1. The summed E-state index contributed by atoms with van der Waals surface area (Å²) >= 11 is 1.48. The highest BCUT2D eigenvalue weighted by atomic mass is 32.2. The van der Waals surface area contributed by atoms with Gasteiger partial charge in [0.1, 0.15) is 11.8 Å². The molecule has 4 amide bonds. The summed E-state index contributed by atoms with van der Waals surface area (Å²) in [4.78, 5) is 63.5. The first-order valence-electron chi connectivity index (χ1n) is 11.1. The zero-order valence-electron chi connectivity index (χ0n) is 19.7. The fourth-order valence-electron chi connectivity index (χ4n) is 3.27. The fourth-order valence-corrected chi connectivity index (χ4v) is 4.59. The van der Waals surface area contributed by atoms with E-state index in [9.17, 15) is 24.0 Å². The van der Waals surface area contributed by atoms with Gasteiger partial charge >= 0.3 is 0 Å². The number of carbonyl (C=O) groups excluding carboxylic acids is 5. The zero-order valence-corrected chi connectivity index (χ0v) is 21.6. The molecule has 0 bridgehead atoms. The second-order valence-electron chi connectivity index (χ2n) is 7.86. The Balaban J connectivity index is 2.46. The summed E-state index contributed by atoms with van der Waals surface area (Å²) in [5.74, 6) is -0.257. The number of hydrogen-bond donors (Lipinski definition) is 2. The first-order valence-corrected chi connectivity index (χ1v) is 12.6. The van der Waals surface area contributed by atoms with Crippen LogP contribution in [0.2, 0.25) is 0 Å². The largest absolute Gasteiger partial charge is 0.353 e. The van der Waals surface area contributed by atoms with E-state index >= 15 is 0 Å². The molecule has 1 rings (SSSR count). The SMILES string of the molecule is CNCCNC(=O)[C@H](CC(=O)C/C=N/P)N(C)C(=O)CCCCCSC1CC(=O)N(C)C1=O. The molecule has 2 unspecified atom stereocenters. The van der Waals surface area contributed by atoms with Gasteiger partial charge < -0.3 is 15.5 Å². The van der Waals surface area contributed by atoms with Gasteiger partial charge in [0.15, 0.2) is 0 Å². The first kappa shape index (κ1) is 29.2. The van der Waals surface area contributed by atoms with Crippen LogP contribution in [0.3, 0.4) is 0 Å². The van der Waals surface area contributed by atoms with E-state index in [-0.39, 0.29) is 60.3 Å².